The van der Waals surface area contributed by atoms with E-state index in [2.05, 4.69) is 26.9 Å². The molecule has 6 nitrogen and oxygen atoms in total. The minimum absolute atomic E-state index is 0.0865. The number of sulfonamides is 1. The Labute approximate surface area is 177 Å². The summed E-state index contributed by atoms with van der Waals surface area (Å²) >= 11 is 4.55. The second-order valence-electron chi connectivity index (χ2n) is 7.04. The van der Waals surface area contributed by atoms with Crippen molar-refractivity contribution in [3.8, 4) is 0 Å². The predicted molar refractivity (Wildman–Crippen MR) is 114 cm³/mol. The summed E-state index contributed by atoms with van der Waals surface area (Å²) in [5, 5.41) is 0. The van der Waals surface area contributed by atoms with Gasteiger partial charge in [-0.05, 0) is 53.0 Å². The van der Waals surface area contributed by atoms with Crippen molar-refractivity contribution >= 4 is 48.9 Å². The molecule has 3 heterocycles. The van der Waals surface area contributed by atoms with Gasteiger partial charge in [-0.2, -0.15) is 4.31 Å². The van der Waals surface area contributed by atoms with Gasteiger partial charge in [-0.3, -0.25) is 9.69 Å². The van der Waals surface area contributed by atoms with Gasteiger partial charge in [-0.15, -0.1) is 11.3 Å². The molecule has 0 radical (unpaired) electrons. The molecule has 1 amide bonds. The van der Waals surface area contributed by atoms with Crippen LogP contribution in [0.25, 0.3) is 0 Å². The fraction of sp³-hybridized carbons (Fsp3) is 0.421. The maximum atomic E-state index is 13.1. The van der Waals surface area contributed by atoms with Crippen molar-refractivity contribution in [2.45, 2.75) is 23.6 Å². The van der Waals surface area contributed by atoms with Crippen LogP contribution >= 0.6 is 27.3 Å². The largest absolute Gasteiger partial charge is 0.310 e. The van der Waals surface area contributed by atoms with Crippen LogP contribution in [0, 0.1) is 0 Å². The number of carbonyl (C=O) groups excluding carboxylic acids is 1. The van der Waals surface area contributed by atoms with Gasteiger partial charge in [0.05, 0.1) is 9.83 Å². The number of hydrogen-bond acceptors (Lipinski definition) is 5. The number of rotatable bonds is 4. The van der Waals surface area contributed by atoms with Crippen LogP contribution in [0.2, 0.25) is 0 Å². The van der Waals surface area contributed by atoms with E-state index in [-0.39, 0.29) is 11.9 Å². The first kappa shape index (κ1) is 20.0. The zero-order valence-electron chi connectivity index (χ0n) is 15.5. The number of piperazine rings is 1. The topological polar surface area (TPSA) is 60.9 Å². The number of anilines is 1. The number of thiophene rings is 1. The molecule has 2 aliphatic rings. The lowest BCUT2D eigenvalue weighted by Gasteiger charge is -2.37. The zero-order chi connectivity index (χ0) is 19.9. The monoisotopic (exact) mass is 483 g/mol. The molecule has 2 aliphatic heterocycles. The highest BCUT2D eigenvalue weighted by molar-refractivity contribution is 9.11. The van der Waals surface area contributed by atoms with Gasteiger partial charge in [-0.1, -0.05) is 18.2 Å². The van der Waals surface area contributed by atoms with Gasteiger partial charge >= 0.3 is 0 Å². The minimum Gasteiger partial charge on any atom is -0.310 e. The second-order valence-corrected chi connectivity index (χ2v) is 11.7. The molecule has 0 aliphatic carbocycles. The summed E-state index contributed by atoms with van der Waals surface area (Å²) in [6.07, 6.45) is 0.886. The van der Waals surface area contributed by atoms with E-state index in [1.165, 1.54) is 21.2 Å². The molecule has 0 saturated carbocycles. The third-order valence-electron chi connectivity index (χ3n) is 5.47. The average molecular weight is 484 g/mol. The lowest BCUT2D eigenvalue weighted by atomic mass is 10.1. The SMILES string of the molecule is C[C@H](C(=O)N1CCc2ccccc21)N1CCN(S(=O)(=O)c2ccc(Br)s2)CC1. The normalized spacial score (nSPS) is 19.6. The molecule has 0 bridgehead atoms. The van der Waals surface area contributed by atoms with Crippen LogP contribution in [-0.2, 0) is 21.2 Å². The number of benzene rings is 1. The highest BCUT2D eigenvalue weighted by atomic mass is 79.9. The number of hydrogen-bond donors (Lipinski definition) is 0. The quantitative estimate of drug-likeness (QED) is 0.670. The molecule has 0 spiro atoms. The van der Waals surface area contributed by atoms with E-state index in [1.54, 1.807) is 12.1 Å². The number of carbonyl (C=O) groups is 1. The van der Waals surface area contributed by atoms with Crippen LogP contribution in [0.3, 0.4) is 0 Å². The number of nitrogens with zero attached hydrogens (tertiary/aromatic N) is 3. The van der Waals surface area contributed by atoms with E-state index >= 15 is 0 Å². The lowest BCUT2D eigenvalue weighted by Crippen LogP contribution is -2.55. The maximum absolute atomic E-state index is 13.1. The summed E-state index contributed by atoms with van der Waals surface area (Å²) in [6.45, 7) is 4.52. The summed E-state index contributed by atoms with van der Waals surface area (Å²) in [4.78, 5) is 17.0. The Morgan fingerprint density at radius 1 is 1.07 bits per heavy atom. The van der Waals surface area contributed by atoms with Crippen LogP contribution in [0.4, 0.5) is 5.69 Å². The molecular weight excluding hydrogens is 462 g/mol. The van der Waals surface area contributed by atoms with Crippen LogP contribution in [-0.4, -0.2) is 62.3 Å². The Kier molecular flexibility index (Phi) is 5.63. The van der Waals surface area contributed by atoms with Crippen LogP contribution in [0.15, 0.2) is 44.4 Å². The van der Waals surface area contributed by atoms with Crippen molar-refractivity contribution < 1.29 is 13.2 Å². The minimum atomic E-state index is -3.47. The summed E-state index contributed by atoms with van der Waals surface area (Å²) in [5.41, 5.74) is 2.21. The third-order valence-corrected chi connectivity index (χ3v) is 9.46. The van der Waals surface area contributed by atoms with Crippen molar-refractivity contribution in [3.05, 3.63) is 45.7 Å². The molecule has 1 atom stereocenters. The Morgan fingerprint density at radius 3 is 2.46 bits per heavy atom. The van der Waals surface area contributed by atoms with Gasteiger partial charge in [0, 0.05) is 38.4 Å². The second kappa shape index (κ2) is 7.87. The Hall–Kier alpha value is -1.26. The summed E-state index contributed by atoms with van der Waals surface area (Å²) in [7, 11) is -3.47. The van der Waals surface area contributed by atoms with Gasteiger partial charge in [0.1, 0.15) is 4.21 Å². The first-order valence-electron chi connectivity index (χ1n) is 9.27. The standard InChI is InChI=1S/C19H22BrN3O3S2/c1-14(19(24)23-9-8-15-4-2-3-5-16(15)23)21-10-12-22(13-11-21)28(25,26)18-7-6-17(20)27-18/h2-7,14H,8-13H2,1H3/t14-/m1/s1. The molecule has 1 saturated heterocycles. The average Bonchev–Trinajstić information content (AvgIpc) is 3.33. The number of halogens is 1. The third kappa shape index (κ3) is 3.66. The van der Waals surface area contributed by atoms with Gasteiger partial charge in [0.15, 0.2) is 0 Å². The lowest BCUT2D eigenvalue weighted by molar-refractivity contribution is -0.123. The number of amides is 1. The molecule has 1 aromatic carbocycles. The van der Waals surface area contributed by atoms with Crippen molar-refractivity contribution in [3.63, 3.8) is 0 Å². The molecule has 9 heteroatoms. The van der Waals surface area contributed by atoms with E-state index in [0.717, 1.165) is 15.9 Å². The molecule has 2 aromatic rings. The first-order valence-corrected chi connectivity index (χ1v) is 12.3. The van der Waals surface area contributed by atoms with Gasteiger partial charge in [0.2, 0.25) is 5.91 Å². The molecule has 150 valence electrons. The van der Waals surface area contributed by atoms with E-state index in [4.69, 9.17) is 0 Å². The number of fused-ring (bicyclic) bond motifs is 1. The fourth-order valence-electron chi connectivity index (χ4n) is 3.84. The molecule has 1 fully saturated rings. The highest BCUT2D eigenvalue weighted by Crippen LogP contribution is 2.30. The summed E-state index contributed by atoms with van der Waals surface area (Å²) < 4.78 is 28.2. The van der Waals surface area contributed by atoms with Crippen LogP contribution in [0.5, 0.6) is 0 Å². The van der Waals surface area contributed by atoms with E-state index in [0.29, 0.717) is 36.9 Å². The molecule has 4 rings (SSSR count). The summed E-state index contributed by atoms with van der Waals surface area (Å²) in [5.74, 6) is 0.0865. The van der Waals surface area contributed by atoms with Gasteiger partial charge < -0.3 is 4.90 Å². The van der Waals surface area contributed by atoms with Gasteiger partial charge in [0.25, 0.3) is 10.0 Å². The molecule has 0 N–H and O–H groups in total. The Bertz CT molecular complexity index is 984. The molecule has 1 aromatic heterocycles. The van der Waals surface area contributed by atoms with Crippen molar-refractivity contribution in [1.29, 1.82) is 0 Å². The van der Waals surface area contributed by atoms with E-state index < -0.39 is 10.0 Å². The first-order chi connectivity index (χ1) is 13.4. The van der Waals surface area contributed by atoms with Gasteiger partial charge in [-0.25, -0.2) is 8.42 Å². The smallest absolute Gasteiger partial charge is 0.252 e. The van der Waals surface area contributed by atoms with Crippen LogP contribution in [0.1, 0.15) is 12.5 Å². The fourth-order valence-corrected chi connectivity index (χ4v) is 7.43. The number of para-hydroxylation sites is 1. The molecule has 28 heavy (non-hydrogen) atoms. The Morgan fingerprint density at radius 2 is 1.79 bits per heavy atom. The predicted octanol–water partition coefficient (Wildman–Crippen LogP) is 2.79. The van der Waals surface area contributed by atoms with Crippen molar-refractivity contribution in [1.82, 2.24) is 9.21 Å². The molecular formula is C19H22BrN3O3S2. The zero-order valence-corrected chi connectivity index (χ0v) is 18.8. The van der Waals surface area contributed by atoms with Crippen molar-refractivity contribution in [2.24, 2.45) is 0 Å². The van der Waals surface area contributed by atoms with Crippen molar-refractivity contribution in [2.75, 3.05) is 37.6 Å². The van der Waals surface area contributed by atoms with Crippen LogP contribution < -0.4 is 4.90 Å². The molecule has 0 unspecified atom stereocenters. The van der Waals surface area contributed by atoms with E-state index in [9.17, 15) is 13.2 Å². The Balaban J connectivity index is 1.40. The summed E-state index contributed by atoms with van der Waals surface area (Å²) in [6, 6.07) is 11.1. The van der Waals surface area contributed by atoms with E-state index in [1.807, 2.05) is 30.0 Å². The maximum Gasteiger partial charge on any atom is 0.252 e. The highest BCUT2D eigenvalue weighted by Gasteiger charge is 2.35.